The third-order valence-electron chi connectivity index (χ3n) is 3.84. The Kier molecular flexibility index (Phi) is 5.14. The van der Waals surface area contributed by atoms with E-state index in [1.807, 2.05) is 0 Å². The zero-order chi connectivity index (χ0) is 18.7. The first kappa shape index (κ1) is 17.8. The summed E-state index contributed by atoms with van der Waals surface area (Å²) in [5, 5.41) is 9.52. The Bertz CT molecular complexity index is 961. The number of hydrogen-bond acceptors (Lipinski definition) is 6. The number of esters is 1. The lowest BCUT2D eigenvalue weighted by Gasteiger charge is -2.13. The zero-order valence-corrected chi connectivity index (χ0v) is 14.7. The van der Waals surface area contributed by atoms with Gasteiger partial charge >= 0.3 is 5.97 Å². The first-order valence-corrected chi connectivity index (χ1v) is 8.22. The van der Waals surface area contributed by atoms with E-state index in [0.29, 0.717) is 35.3 Å². The SMILES string of the molecule is COC(=O)c1cc(C#N)c(=O)n(Cc2cc(Cl)c3c(c2)OCCCO3)c1. The van der Waals surface area contributed by atoms with Gasteiger partial charge in [0.15, 0.2) is 11.5 Å². The van der Waals surface area contributed by atoms with Gasteiger partial charge in [-0.3, -0.25) is 4.79 Å². The van der Waals surface area contributed by atoms with Gasteiger partial charge in [0.2, 0.25) is 0 Å². The van der Waals surface area contributed by atoms with E-state index in [1.54, 1.807) is 18.2 Å². The van der Waals surface area contributed by atoms with E-state index >= 15 is 0 Å². The minimum absolute atomic E-state index is 0.106. The topological polar surface area (TPSA) is 90.6 Å². The quantitative estimate of drug-likeness (QED) is 0.766. The summed E-state index contributed by atoms with van der Waals surface area (Å²) in [6, 6.07) is 6.41. The van der Waals surface area contributed by atoms with Crippen molar-refractivity contribution in [2.45, 2.75) is 13.0 Å². The Morgan fingerprint density at radius 3 is 2.85 bits per heavy atom. The van der Waals surface area contributed by atoms with Gasteiger partial charge in [0.25, 0.3) is 5.56 Å². The Morgan fingerprint density at radius 2 is 2.12 bits per heavy atom. The number of nitrogens with zero attached hydrogens (tertiary/aromatic N) is 2. The summed E-state index contributed by atoms with van der Waals surface area (Å²) in [7, 11) is 1.23. The molecule has 2 aromatic rings. The molecule has 1 aliphatic heterocycles. The van der Waals surface area contributed by atoms with E-state index in [2.05, 4.69) is 4.74 Å². The number of nitriles is 1. The number of carbonyl (C=O) groups excluding carboxylic acids is 1. The minimum atomic E-state index is -0.632. The Morgan fingerprint density at radius 1 is 1.35 bits per heavy atom. The number of aromatic nitrogens is 1. The number of hydrogen-bond donors (Lipinski definition) is 0. The summed E-state index contributed by atoms with van der Waals surface area (Å²) in [5.41, 5.74) is 0.132. The largest absolute Gasteiger partial charge is 0.489 e. The van der Waals surface area contributed by atoms with Crippen LogP contribution in [-0.4, -0.2) is 30.9 Å². The third kappa shape index (κ3) is 3.51. The van der Waals surface area contributed by atoms with Crippen molar-refractivity contribution in [2.75, 3.05) is 20.3 Å². The van der Waals surface area contributed by atoms with Gasteiger partial charge < -0.3 is 18.8 Å². The van der Waals surface area contributed by atoms with Crippen LogP contribution in [-0.2, 0) is 11.3 Å². The Balaban J connectivity index is 2.02. The van der Waals surface area contributed by atoms with Gasteiger partial charge in [0.05, 0.1) is 37.5 Å². The summed E-state index contributed by atoms with van der Waals surface area (Å²) in [5.74, 6) is 0.343. The van der Waals surface area contributed by atoms with Crippen molar-refractivity contribution >= 4 is 17.6 Å². The van der Waals surface area contributed by atoms with E-state index in [9.17, 15) is 9.59 Å². The summed E-state index contributed by atoms with van der Waals surface area (Å²) >= 11 is 6.27. The van der Waals surface area contributed by atoms with Crippen LogP contribution in [0.15, 0.2) is 29.2 Å². The number of ether oxygens (including phenoxy) is 3. The van der Waals surface area contributed by atoms with E-state index < -0.39 is 11.5 Å². The highest BCUT2D eigenvalue weighted by atomic mass is 35.5. The number of benzene rings is 1. The number of methoxy groups -OCH3 is 1. The number of fused-ring (bicyclic) bond motifs is 1. The van der Waals surface area contributed by atoms with E-state index in [-0.39, 0.29) is 17.7 Å². The fourth-order valence-corrected chi connectivity index (χ4v) is 2.92. The molecule has 0 N–H and O–H groups in total. The maximum absolute atomic E-state index is 12.4. The Hall–Kier alpha value is -2.98. The molecule has 7 nitrogen and oxygen atoms in total. The fourth-order valence-electron chi connectivity index (χ4n) is 2.63. The van der Waals surface area contributed by atoms with Crippen molar-refractivity contribution < 1.29 is 19.0 Å². The number of carbonyl (C=O) groups is 1. The van der Waals surface area contributed by atoms with Crippen LogP contribution in [0.4, 0.5) is 0 Å². The van der Waals surface area contributed by atoms with Crippen LogP contribution in [0.3, 0.4) is 0 Å². The van der Waals surface area contributed by atoms with E-state index in [1.165, 1.54) is 23.9 Å². The number of pyridine rings is 1. The van der Waals surface area contributed by atoms with Gasteiger partial charge in [0.1, 0.15) is 11.6 Å². The van der Waals surface area contributed by atoms with Gasteiger partial charge in [-0.1, -0.05) is 11.6 Å². The molecule has 0 amide bonds. The standard InChI is InChI=1S/C18H15ClN2O5/c1-24-18(23)13-7-12(8-20)17(22)21(10-13)9-11-5-14(19)16-15(6-11)25-3-2-4-26-16/h5-7,10H,2-4,9H2,1H3. The second kappa shape index (κ2) is 7.50. The molecule has 0 spiro atoms. The highest BCUT2D eigenvalue weighted by molar-refractivity contribution is 6.32. The summed E-state index contributed by atoms with van der Waals surface area (Å²) in [6.07, 6.45) is 2.10. The van der Waals surface area contributed by atoms with Crippen molar-refractivity contribution in [3.05, 3.63) is 56.5 Å². The average Bonchev–Trinajstić information content (AvgIpc) is 2.88. The van der Waals surface area contributed by atoms with Crippen LogP contribution in [0.25, 0.3) is 0 Å². The normalized spacial score (nSPS) is 12.8. The highest BCUT2D eigenvalue weighted by Crippen LogP contribution is 2.38. The molecule has 3 rings (SSSR count). The maximum Gasteiger partial charge on any atom is 0.339 e. The van der Waals surface area contributed by atoms with Crippen LogP contribution in [0.5, 0.6) is 11.5 Å². The molecule has 2 heterocycles. The average molecular weight is 375 g/mol. The van der Waals surface area contributed by atoms with Gasteiger partial charge in [-0.25, -0.2) is 4.79 Å². The molecule has 0 aliphatic carbocycles. The Labute approximate surface area is 154 Å². The van der Waals surface area contributed by atoms with Crippen molar-refractivity contribution in [3.8, 4) is 17.6 Å². The van der Waals surface area contributed by atoms with Crippen molar-refractivity contribution in [2.24, 2.45) is 0 Å². The minimum Gasteiger partial charge on any atom is -0.489 e. The smallest absolute Gasteiger partial charge is 0.339 e. The molecule has 1 aliphatic rings. The second-order valence-electron chi connectivity index (χ2n) is 5.63. The second-order valence-corrected chi connectivity index (χ2v) is 6.04. The molecular weight excluding hydrogens is 360 g/mol. The summed E-state index contributed by atoms with van der Waals surface area (Å²) in [6.45, 7) is 1.12. The zero-order valence-electron chi connectivity index (χ0n) is 14.0. The molecule has 134 valence electrons. The molecule has 1 aromatic carbocycles. The highest BCUT2D eigenvalue weighted by Gasteiger charge is 2.17. The van der Waals surface area contributed by atoms with E-state index in [0.717, 1.165) is 6.42 Å². The van der Waals surface area contributed by atoms with Gasteiger partial charge in [-0.2, -0.15) is 5.26 Å². The third-order valence-corrected chi connectivity index (χ3v) is 4.12. The molecule has 0 radical (unpaired) electrons. The number of halogens is 1. The molecule has 0 atom stereocenters. The maximum atomic E-state index is 12.4. The lowest BCUT2D eigenvalue weighted by Crippen LogP contribution is -2.24. The van der Waals surface area contributed by atoms with Crippen molar-refractivity contribution in [1.82, 2.24) is 4.57 Å². The molecule has 0 bridgehead atoms. The molecule has 0 saturated heterocycles. The van der Waals surface area contributed by atoms with E-state index in [4.69, 9.17) is 26.3 Å². The first-order chi connectivity index (χ1) is 12.5. The summed E-state index contributed by atoms with van der Waals surface area (Å²) in [4.78, 5) is 24.2. The van der Waals surface area contributed by atoms with Crippen LogP contribution < -0.4 is 15.0 Å². The molecule has 26 heavy (non-hydrogen) atoms. The van der Waals surface area contributed by atoms with Gasteiger partial charge in [0, 0.05) is 12.6 Å². The van der Waals surface area contributed by atoms with Crippen LogP contribution in [0, 0.1) is 11.3 Å². The van der Waals surface area contributed by atoms with Crippen molar-refractivity contribution in [1.29, 1.82) is 5.26 Å². The molecule has 8 heteroatoms. The predicted molar refractivity (Wildman–Crippen MR) is 92.9 cm³/mol. The van der Waals surface area contributed by atoms with Crippen molar-refractivity contribution in [3.63, 3.8) is 0 Å². The molecular formula is C18H15ClN2O5. The molecule has 1 aromatic heterocycles. The molecule has 0 fully saturated rings. The monoisotopic (exact) mass is 374 g/mol. The lowest BCUT2D eigenvalue weighted by molar-refractivity contribution is 0.0599. The molecule has 0 unspecified atom stereocenters. The predicted octanol–water partition coefficient (Wildman–Crippen LogP) is 2.37. The first-order valence-electron chi connectivity index (χ1n) is 7.84. The number of rotatable bonds is 3. The fraction of sp³-hybridized carbons (Fsp3) is 0.278. The van der Waals surface area contributed by atoms with Crippen LogP contribution >= 0.6 is 11.6 Å². The summed E-state index contributed by atoms with van der Waals surface area (Å²) < 4.78 is 17.2. The molecule has 0 saturated carbocycles. The van der Waals surface area contributed by atoms with Crippen LogP contribution in [0.1, 0.15) is 27.9 Å². The van der Waals surface area contributed by atoms with Crippen LogP contribution in [0.2, 0.25) is 5.02 Å². The van der Waals surface area contributed by atoms with Gasteiger partial charge in [-0.05, 0) is 23.8 Å². The van der Waals surface area contributed by atoms with Gasteiger partial charge in [-0.15, -0.1) is 0 Å². The lowest BCUT2D eigenvalue weighted by atomic mass is 10.1.